The molecule has 0 aliphatic rings. The van der Waals surface area contributed by atoms with Crippen LogP contribution in [0.2, 0.25) is 0 Å². The van der Waals surface area contributed by atoms with Crippen LogP contribution in [0.4, 0.5) is 0 Å². The number of rotatable bonds is 6. The molecule has 3 aromatic rings. The van der Waals surface area contributed by atoms with E-state index in [1.807, 2.05) is 37.3 Å². The predicted octanol–water partition coefficient (Wildman–Crippen LogP) is 5.27. The Kier molecular flexibility index (Phi) is 5.85. The Morgan fingerprint density at radius 3 is 2.23 bits per heavy atom. The highest BCUT2D eigenvalue weighted by Crippen LogP contribution is 2.17. The van der Waals surface area contributed by atoms with Crippen molar-refractivity contribution in [2.45, 2.75) is 32.7 Å². The molecule has 0 spiro atoms. The molecule has 0 bridgehead atoms. The van der Waals surface area contributed by atoms with E-state index in [0.717, 1.165) is 29.5 Å². The van der Waals surface area contributed by atoms with E-state index in [2.05, 4.69) is 60.8 Å². The van der Waals surface area contributed by atoms with Crippen molar-refractivity contribution in [3.8, 4) is 0 Å². The van der Waals surface area contributed by atoms with E-state index in [1.165, 1.54) is 11.1 Å². The highest BCUT2D eigenvalue weighted by Gasteiger charge is 2.14. The summed E-state index contributed by atoms with van der Waals surface area (Å²) in [6, 6.07) is 26.5. The van der Waals surface area contributed by atoms with Gasteiger partial charge in [0.2, 0.25) is 0 Å². The summed E-state index contributed by atoms with van der Waals surface area (Å²) in [5, 5.41) is 3.13. The van der Waals surface area contributed by atoms with Gasteiger partial charge in [-0.15, -0.1) is 0 Å². The van der Waals surface area contributed by atoms with Gasteiger partial charge >= 0.3 is 0 Å². The Morgan fingerprint density at radius 1 is 0.846 bits per heavy atom. The van der Waals surface area contributed by atoms with E-state index in [4.69, 9.17) is 0 Å². The standard InChI is InChI=1S/C24H25NO/c1-18-12-15-21(16-13-18)19(2)25-24(26)23-11-7-6-10-22(23)17-14-20-8-4-3-5-9-20/h3-13,15-16,19H,14,17H2,1-2H3,(H,25,26)/t19-/m0/s1. The molecule has 1 atom stereocenters. The van der Waals surface area contributed by atoms with E-state index in [9.17, 15) is 4.79 Å². The number of carbonyl (C=O) groups excluding carboxylic acids is 1. The number of hydrogen-bond acceptors (Lipinski definition) is 1. The van der Waals surface area contributed by atoms with Crippen molar-refractivity contribution in [3.05, 3.63) is 107 Å². The van der Waals surface area contributed by atoms with Gasteiger partial charge in [-0.3, -0.25) is 4.79 Å². The molecule has 0 aromatic heterocycles. The molecule has 1 N–H and O–H groups in total. The summed E-state index contributed by atoms with van der Waals surface area (Å²) in [5.74, 6) is -0.0123. The van der Waals surface area contributed by atoms with E-state index < -0.39 is 0 Å². The zero-order chi connectivity index (χ0) is 18.4. The van der Waals surface area contributed by atoms with E-state index >= 15 is 0 Å². The molecule has 2 heteroatoms. The van der Waals surface area contributed by atoms with Crippen LogP contribution in [0.1, 0.15) is 45.6 Å². The predicted molar refractivity (Wildman–Crippen MR) is 107 cm³/mol. The fourth-order valence-corrected chi connectivity index (χ4v) is 3.10. The second kappa shape index (κ2) is 8.48. The van der Waals surface area contributed by atoms with Crippen LogP contribution in [0.3, 0.4) is 0 Å². The number of nitrogens with one attached hydrogen (secondary N) is 1. The largest absolute Gasteiger partial charge is 0.346 e. The topological polar surface area (TPSA) is 29.1 Å². The van der Waals surface area contributed by atoms with Crippen molar-refractivity contribution in [1.29, 1.82) is 0 Å². The first-order valence-corrected chi connectivity index (χ1v) is 9.13. The number of aryl methyl sites for hydroxylation is 3. The van der Waals surface area contributed by atoms with Crippen LogP contribution in [0.5, 0.6) is 0 Å². The van der Waals surface area contributed by atoms with Crippen molar-refractivity contribution in [2.75, 3.05) is 0 Å². The minimum absolute atomic E-state index is 0.0123. The van der Waals surface area contributed by atoms with E-state index in [-0.39, 0.29) is 11.9 Å². The van der Waals surface area contributed by atoms with Gasteiger partial charge in [-0.05, 0) is 49.4 Å². The van der Waals surface area contributed by atoms with Gasteiger partial charge in [-0.2, -0.15) is 0 Å². The molecule has 26 heavy (non-hydrogen) atoms. The van der Waals surface area contributed by atoms with Gasteiger partial charge in [0.15, 0.2) is 0 Å². The highest BCUT2D eigenvalue weighted by atomic mass is 16.1. The van der Waals surface area contributed by atoms with Crippen molar-refractivity contribution < 1.29 is 4.79 Å². The number of hydrogen-bond donors (Lipinski definition) is 1. The fraction of sp³-hybridized carbons (Fsp3) is 0.208. The Hall–Kier alpha value is -2.87. The van der Waals surface area contributed by atoms with Crippen molar-refractivity contribution >= 4 is 5.91 Å². The number of carbonyl (C=O) groups is 1. The molecule has 132 valence electrons. The zero-order valence-corrected chi connectivity index (χ0v) is 15.4. The molecule has 0 saturated carbocycles. The summed E-state index contributed by atoms with van der Waals surface area (Å²) in [7, 11) is 0. The van der Waals surface area contributed by atoms with E-state index in [1.54, 1.807) is 0 Å². The van der Waals surface area contributed by atoms with Crippen LogP contribution < -0.4 is 5.32 Å². The molecule has 1 amide bonds. The van der Waals surface area contributed by atoms with Crippen molar-refractivity contribution in [1.82, 2.24) is 5.32 Å². The van der Waals surface area contributed by atoms with Gasteiger partial charge in [0.25, 0.3) is 5.91 Å². The molecule has 3 aromatic carbocycles. The molecule has 3 rings (SSSR count). The smallest absolute Gasteiger partial charge is 0.252 e. The third-order valence-electron chi connectivity index (χ3n) is 4.71. The molecule has 0 aliphatic heterocycles. The van der Waals surface area contributed by atoms with Gasteiger partial charge in [-0.1, -0.05) is 78.4 Å². The van der Waals surface area contributed by atoms with Crippen LogP contribution >= 0.6 is 0 Å². The van der Waals surface area contributed by atoms with Crippen LogP contribution in [-0.2, 0) is 12.8 Å². The van der Waals surface area contributed by atoms with Crippen LogP contribution in [0.15, 0.2) is 78.9 Å². The molecule has 0 saturated heterocycles. The monoisotopic (exact) mass is 343 g/mol. The normalized spacial score (nSPS) is 11.8. The van der Waals surface area contributed by atoms with Gasteiger partial charge < -0.3 is 5.32 Å². The third kappa shape index (κ3) is 4.60. The zero-order valence-electron chi connectivity index (χ0n) is 15.4. The first kappa shape index (κ1) is 17.9. The SMILES string of the molecule is Cc1ccc([C@H](C)NC(=O)c2ccccc2CCc2ccccc2)cc1. The molecular formula is C24H25NO. The first-order chi connectivity index (χ1) is 12.6. The molecule has 0 unspecified atom stereocenters. The molecular weight excluding hydrogens is 318 g/mol. The maximum atomic E-state index is 12.8. The Balaban J connectivity index is 1.70. The Morgan fingerprint density at radius 2 is 1.50 bits per heavy atom. The van der Waals surface area contributed by atoms with Crippen molar-refractivity contribution in [2.24, 2.45) is 0 Å². The summed E-state index contributed by atoms with van der Waals surface area (Å²) >= 11 is 0. The molecule has 0 radical (unpaired) electrons. The maximum Gasteiger partial charge on any atom is 0.252 e. The average molecular weight is 343 g/mol. The van der Waals surface area contributed by atoms with Gasteiger partial charge in [0.1, 0.15) is 0 Å². The quantitative estimate of drug-likeness (QED) is 0.649. The minimum Gasteiger partial charge on any atom is -0.346 e. The average Bonchev–Trinajstić information content (AvgIpc) is 2.68. The lowest BCUT2D eigenvalue weighted by Crippen LogP contribution is -2.27. The van der Waals surface area contributed by atoms with Gasteiger partial charge in [-0.25, -0.2) is 0 Å². The molecule has 0 fully saturated rings. The van der Waals surface area contributed by atoms with Crippen LogP contribution in [-0.4, -0.2) is 5.91 Å². The summed E-state index contributed by atoms with van der Waals surface area (Å²) in [6.45, 7) is 4.09. The summed E-state index contributed by atoms with van der Waals surface area (Å²) < 4.78 is 0. The molecule has 0 aliphatic carbocycles. The van der Waals surface area contributed by atoms with Gasteiger partial charge in [0.05, 0.1) is 6.04 Å². The molecule has 0 heterocycles. The lowest BCUT2D eigenvalue weighted by atomic mass is 9.99. The van der Waals surface area contributed by atoms with Crippen LogP contribution in [0, 0.1) is 6.92 Å². The Bertz CT molecular complexity index is 853. The van der Waals surface area contributed by atoms with Crippen LogP contribution in [0.25, 0.3) is 0 Å². The lowest BCUT2D eigenvalue weighted by molar-refractivity contribution is 0.0939. The fourth-order valence-electron chi connectivity index (χ4n) is 3.10. The Labute approximate surface area is 155 Å². The summed E-state index contributed by atoms with van der Waals surface area (Å²) in [5.41, 5.74) is 5.48. The number of benzene rings is 3. The minimum atomic E-state index is -0.0229. The summed E-state index contributed by atoms with van der Waals surface area (Å²) in [6.07, 6.45) is 1.78. The third-order valence-corrected chi connectivity index (χ3v) is 4.71. The highest BCUT2D eigenvalue weighted by molar-refractivity contribution is 5.95. The van der Waals surface area contributed by atoms with E-state index in [0.29, 0.717) is 0 Å². The van der Waals surface area contributed by atoms with Crippen molar-refractivity contribution in [3.63, 3.8) is 0 Å². The lowest BCUT2D eigenvalue weighted by Gasteiger charge is -2.16. The number of amides is 1. The molecule has 2 nitrogen and oxygen atoms in total. The second-order valence-corrected chi connectivity index (χ2v) is 6.75. The maximum absolute atomic E-state index is 12.8. The first-order valence-electron chi connectivity index (χ1n) is 9.13. The van der Waals surface area contributed by atoms with Gasteiger partial charge in [0, 0.05) is 5.56 Å². The second-order valence-electron chi connectivity index (χ2n) is 6.75. The summed E-state index contributed by atoms with van der Waals surface area (Å²) in [4.78, 5) is 12.8.